The van der Waals surface area contributed by atoms with Crippen molar-refractivity contribution in [1.29, 1.82) is 0 Å². The lowest BCUT2D eigenvalue weighted by molar-refractivity contribution is 0.229. The molecule has 134 valence electrons. The summed E-state index contributed by atoms with van der Waals surface area (Å²) in [5, 5.41) is 5.92. The maximum Gasteiger partial charge on any atom is 0.315 e. The molecule has 0 fully saturated rings. The highest BCUT2D eigenvalue weighted by Gasteiger charge is 2.24. The molecule has 5 nitrogen and oxygen atoms in total. The molecule has 2 aromatic carbocycles. The number of urea groups is 1. The molecule has 0 spiro atoms. The molecule has 0 saturated carbocycles. The number of rotatable bonds is 6. The molecule has 0 aliphatic carbocycles. The van der Waals surface area contributed by atoms with Gasteiger partial charge in [-0.25, -0.2) is 4.79 Å². The quantitative estimate of drug-likeness (QED) is 0.840. The van der Waals surface area contributed by atoms with Gasteiger partial charge in [0, 0.05) is 6.54 Å². The fourth-order valence-corrected chi connectivity index (χ4v) is 2.61. The van der Waals surface area contributed by atoms with Crippen molar-refractivity contribution in [2.24, 2.45) is 0 Å². The first kappa shape index (κ1) is 18.6. The molecule has 0 unspecified atom stereocenters. The Labute approximate surface area is 149 Å². The van der Waals surface area contributed by atoms with Crippen LogP contribution in [0, 0.1) is 6.92 Å². The Kier molecular flexibility index (Phi) is 5.91. The number of hydrogen-bond acceptors (Lipinski definition) is 3. The van der Waals surface area contributed by atoms with Gasteiger partial charge in [-0.15, -0.1) is 0 Å². The van der Waals surface area contributed by atoms with Crippen LogP contribution >= 0.6 is 0 Å². The Morgan fingerprint density at radius 3 is 2.36 bits per heavy atom. The van der Waals surface area contributed by atoms with E-state index >= 15 is 0 Å². The van der Waals surface area contributed by atoms with E-state index in [0.29, 0.717) is 18.0 Å². The van der Waals surface area contributed by atoms with Crippen molar-refractivity contribution in [3.05, 3.63) is 59.2 Å². The third kappa shape index (κ3) is 4.66. The van der Waals surface area contributed by atoms with Crippen LogP contribution < -0.4 is 20.1 Å². The highest BCUT2D eigenvalue weighted by atomic mass is 16.5. The molecule has 0 bridgehead atoms. The van der Waals surface area contributed by atoms with Crippen LogP contribution in [0.25, 0.3) is 0 Å². The van der Waals surface area contributed by atoms with Gasteiger partial charge < -0.3 is 20.1 Å². The molecular formula is C20H26N2O3. The second kappa shape index (κ2) is 7.92. The number of aryl methyl sites for hydroxylation is 1. The molecule has 0 saturated heterocycles. The van der Waals surface area contributed by atoms with E-state index in [1.807, 2.05) is 63.2 Å². The standard InChI is InChI=1S/C20H26N2O3/c1-14-8-6-7-9-15(14)13-21-19(23)22-20(2,3)16-10-11-17(24-4)18(12-16)25-5/h6-12H,13H2,1-5H3,(H2,21,22,23). The van der Waals surface area contributed by atoms with E-state index in [4.69, 9.17) is 9.47 Å². The lowest BCUT2D eigenvalue weighted by atomic mass is 9.94. The minimum absolute atomic E-state index is 0.219. The molecule has 2 rings (SSSR count). The summed E-state index contributed by atoms with van der Waals surface area (Å²) in [6, 6.07) is 13.4. The smallest absolute Gasteiger partial charge is 0.315 e. The first-order chi connectivity index (χ1) is 11.9. The van der Waals surface area contributed by atoms with Crippen molar-refractivity contribution in [2.75, 3.05) is 14.2 Å². The lowest BCUT2D eigenvalue weighted by Gasteiger charge is -2.28. The number of carbonyl (C=O) groups excluding carboxylic acids is 1. The van der Waals surface area contributed by atoms with Crippen molar-refractivity contribution in [1.82, 2.24) is 10.6 Å². The third-order valence-corrected chi connectivity index (χ3v) is 4.23. The zero-order chi connectivity index (χ0) is 18.4. The number of hydrogen-bond donors (Lipinski definition) is 2. The number of nitrogens with one attached hydrogen (secondary N) is 2. The van der Waals surface area contributed by atoms with Crippen molar-refractivity contribution in [3.8, 4) is 11.5 Å². The summed E-state index contributed by atoms with van der Waals surface area (Å²) in [6.07, 6.45) is 0. The topological polar surface area (TPSA) is 59.6 Å². The molecule has 0 aliphatic heterocycles. The second-order valence-corrected chi connectivity index (χ2v) is 6.43. The number of amides is 2. The zero-order valence-electron chi connectivity index (χ0n) is 15.5. The van der Waals surface area contributed by atoms with Crippen LogP contribution in [0.1, 0.15) is 30.5 Å². The summed E-state index contributed by atoms with van der Waals surface area (Å²) in [7, 11) is 3.19. The van der Waals surface area contributed by atoms with E-state index < -0.39 is 5.54 Å². The van der Waals surface area contributed by atoms with Crippen LogP contribution in [0.4, 0.5) is 4.79 Å². The van der Waals surface area contributed by atoms with E-state index in [-0.39, 0.29) is 6.03 Å². The zero-order valence-corrected chi connectivity index (χ0v) is 15.5. The molecule has 2 aromatic rings. The average molecular weight is 342 g/mol. The summed E-state index contributed by atoms with van der Waals surface area (Å²) in [6.45, 7) is 6.41. The molecule has 0 heterocycles. The van der Waals surface area contributed by atoms with Gasteiger partial charge in [-0.05, 0) is 49.6 Å². The largest absolute Gasteiger partial charge is 0.493 e. The Morgan fingerprint density at radius 1 is 1.04 bits per heavy atom. The fourth-order valence-electron chi connectivity index (χ4n) is 2.61. The van der Waals surface area contributed by atoms with Gasteiger partial charge in [0.05, 0.1) is 19.8 Å². The van der Waals surface area contributed by atoms with Crippen LogP contribution in [-0.2, 0) is 12.1 Å². The molecular weight excluding hydrogens is 316 g/mol. The molecule has 5 heteroatoms. The Morgan fingerprint density at radius 2 is 1.72 bits per heavy atom. The molecule has 2 amide bonds. The second-order valence-electron chi connectivity index (χ2n) is 6.43. The minimum atomic E-state index is -0.560. The van der Waals surface area contributed by atoms with Gasteiger partial charge in [-0.2, -0.15) is 0 Å². The Balaban J connectivity index is 2.05. The first-order valence-corrected chi connectivity index (χ1v) is 8.20. The van der Waals surface area contributed by atoms with Crippen LogP contribution in [0.5, 0.6) is 11.5 Å². The molecule has 2 N–H and O–H groups in total. The summed E-state index contributed by atoms with van der Waals surface area (Å²) >= 11 is 0. The Bertz CT molecular complexity index is 741. The van der Waals surface area contributed by atoms with Crippen molar-refractivity contribution >= 4 is 6.03 Å². The molecule has 0 radical (unpaired) electrons. The van der Waals surface area contributed by atoms with Crippen LogP contribution in [-0.4, -0.2) is 20.3 Å². The van der Waals surface area contributed by atoms with E-state index in [1.165, 1.54) is 0 Å². The molecule has 0 atom stereocenters. The van der Waals surface area contributed by atoms with Crippen molar-refractivity contribution < 1.29 is 14.3 Å². The van der Waals surface area contributed by atoms with E-state index in [2.05, 4.69) is 10.6 Å². The van der Waals surface area contributed by atoms with Gasteiger partial charge in [-0.1, -0.05) is 30.3 Å². The fraction of sp³-hybridized carbons (Fsp3) is 0.350. The summed E-state index contributed by atoms with van der Waals surface area (Å²) in [5.41, 5.74) is 2.62. The summed E-state index contributed by atoms with van der Waals surface area (Å²) < 4.78 is 10.6. The van der Waals surface area contributed by atoms with Gasteiger partial charge in [0.2, 0.25) is 0 Å². The lowest BCUT2D eigenvalue weighted by Crippen LogP contribution is -2.46. The van der Waals surface area contributed by atoms with Gasteiger partial charge in [0.25, 0.3) is 0 Å². The SMILES string of the molecule is COc1ccc(C(C)(C)NC(=O)NCc2ccccc2C)cc1OC. The molecule has 25 heavy (non-hydrogen) atoms. The van der Waals surface area contributed by atoms with E-state index in [1.54, 1.807) is 14.2 Å². The maximum atomic E-state index is 12.3. The van der Waals surface area contributed by atoms with Gasteiger partial charge in [0.15, 0.2) is 11.5 Å². The number of carbonyl (C=O) groups is 1. The van der Waals surface area contributed by atoms with Crippen molar-refractivity contribution in [2.45, 2.75) is 32.9 Å². The van der Waals surface area contributed by atoms with Crippen LogP contribution in [0.15, 0.2) is 42.5 Å². The molecule has 0 aromatic heterocycles. The summed E-state index contributed by atoms with van der Waals surface area (Å²) in [4.78, 5) is 12.3. The van der Waals surface area contributed by atoms with Crippen molar-refractivity contribution in [3.63, 3.8) is 0 Å². The Hall–Kier alpha value is -2.69. The van der Waals surface area contributed by atoms with E-state index in [0.717, 1.165) is 16.7 Å². The summed E-state index contributed by atoms with van der Waals surface area (Å²) in [5.74, 6) is 1.29. The number of benzene rings is 2. The highest BCUT2D eigenvalue weighted by molar-refractivity contribution is 5.75. The normalized spacial score (nSPS) is 10.9. The van der Waals surface area contributed by atoms with Crippen LogP contribution in [0.3, 0.4) is 0 Å². The highest BCUT2D eigenvalue weighted by Crippen LogP contribution is 2.32. The van der Waals surface area contributed by atoms with E-state index in [9.17, 15) is 4.79 Å². The molecule has 0 aliphatic rings. The van der Waals surface area contributed by atoms with Gasteiger partial charge in [0.1, 0.15) is 0 Å². The number of ether oxygens (including phenoxy) is 2. The third-order valence-electron chi connectivity index (χ3n) is 4.23. The predicted octanol–water partition coefficient (Wildman–Crippen LogP) is 3.75. The monoisotopic (exact) mass is 342 g/mol. The first-order valence-electron chi connectivity index (χ1n) is 8.20. The number of methoxy groups -OCH3 is 2. The minimum Gasteiger partial charge on any atom is -0.493 e. The maximum absolute atomic E-state index is 12.3. The average Bonchev–Trinajstić information content (AvgIpc) is 2.60. The van der Waals surface area contributed by atoms with Gasteiger partial charge in [-0.3, -0.25) is 0 Å². The predicted molar refractivity (Wildman–Crippen MR) is 99.1 cm³/mol. The van der Waals surface area contributed by atoms with Gasteiger partial charge >= 0.3 is 6.03 Å². The van der Waals surface area contributed by atoms with Crippen LogP contribution in [0.2, 0.25) is 0 Å².